The van der Waals surface area contributed by atoms with Crippen LogP contribution in [-0.2, 0) is 9.59 Å². The molecule has 27 heavy (non-hydrogen) atoms. The highest BCUT2D eigenvalue weighted by molar-refractivity contribution is 6.15. The molecule has 0 unspecified atom stereocenters. The van der Waals surface area contributed by atoms with E-state index in [1.807, 2.05) is 19.1 Å². The third-order valence-corrected chi connectivity index (χ3v) is 3.92. The lowest BCUT2D eigenvalue weighted by Gasteiger charge is -2.12. The molecule has 0 spiro atoms. The number of nitrogens with one attached hydrogen (secondary N) is 2. The maximum absolute atomic E-state index is 12.4. The van der Waals surface area contributed by atoms with Gasteiger partial charge in [0.15, 0.2) is 0 Å². The summed E-state index contributed by atoms with van der Waals surface area (Å²) in [4.78, 5) is 37.5. The molecule has 1 fully saturated rings. The van der Waals surface area contributed by atoms with Crippen LogP contribution in [0.3, 0.4) is 0 Å². The first-order valence-corrected chi connectivity index (χ1v) is 8.17. The molecule has 2 aromatic rings. The van der Waals surface area contributed by atoms with Crippen LogP contribution in [0.4, 0.5) is 10.5 Å². The molecule has 1 heterocycles. The molecule has 2 aromatic carbocycles. The van der Waals surface area contributed by atoms with Crippen LogP contribution in [-0.4, -0.2) is 29.3 Å². The van der Waals surface area contributed by atoms with Gasteiger partial charge in [0.25, 0.3) is 5.91 Å². The summed E-state index contributed by atoms with van der Waals surface area (Å²) in [6, 6.07) is 15.1. The van der Waals surface area contributed by atoms with Gasteiger partial charge in [-0.3, -0.25) is 9.59 Å². The quantitative estimate of drug-likeness (QED) is 0.645. The highest BCUT2D eigenvalue weighted by Crippen LogP contribution is 2.15. The first-order valence-electron chi connectivity index (χ1n) is 8.17. The van der Waals surface area contributed by atoms with Gasteiger partial charge >= 0.3 is 6.03 Å². The fourth-order valence-corrected chi connectivity index (χ4v) is 2.60. The van der Waals surface area contributed by atoms with Crippen molar-refractivity contribution in [3.8, 4) is 6.07 Å². The minimum Gasteiger partial charge on any atom is -0.325 e. The zero-order valence-corrected chi connectivity index (χ0v) is 14.5. The van der Waals surface area contributed by atoms with Crippen LogP contribution in [0.5, 0.6) is 0 Å². The lowest BCUT2D eigenvalue weighted by Crippen LogP contribution is -2.38. The van der Waals surface area contributed by atoms with Crippen molar-refractivity contribution in [3.05, 3.63) is 70.9 Å². The molecule has 1 aliphatic heterocycles. The molecule has 1 aliphatic rings. The van der Waals surface area contributed by atoms with Crippen LogP contribution >= 0.6 is 0 Å². The Morgan fingerprint density at radius 1 is 1.22 bits per heavy atom. The predicted molar refractivity (Wildman–Crippen MR) is 99.2 cm³/mol. The monoisotopic (exact) mass is 360 g/mol. The van der Waals surface area contributed by atoms with Gasteiger partial charge in [0.2, 0.25) is 5.91 Å². The highest BCUT2D eigenvalue weighted by Gasteiger charge is 2.34. The molecular formula is C20H16N4O3. The van der Waals surface area contributed by atoms with E-state index < -0.39 is 17.8 Å². The number of hydrogen-bond acceptors (Lipinski definition) is 4. The first-order chi connectivity index (χ1) is 13.0. The number of carbonyl (C=O) groups excluding carboxylic acids is 3. The van der Waals surface area contributed by atoms with Crippen LogP contribution in [0.2, 0.25) is 0 Å². The zero-order valence-electron chi connectivity index (χ0n) is 14.5. The summed E-state index contributed by atoms with van der Waals surface area (Å²) >= 11 is 0. The lowest BCUT2D eigenvalue weighted by molar-refractivity contribution is -0.127. The van der Waals surface area contributed by atoms with Gasteiger partial charge in [0, 0.05) is 5.69 Å². The molecule has 0 bridgehead atoms. The van der Waals surface area contributed by atoms with E-state index >= 15 is 0 Å². The molecule has 0 radical (unpaired) electrons. The SMILES string of the molecule is Cc1cccc(NC(=O)CN2C(=O)NC(=Cc3ccc(C#N)cc3)C2=O)c1. The highest BCUT2D eigenvalue weighted by atomic mass is 16.2. The van der Waals surface area contributed by atoms with E-state index in [9.17, 15) is 14.4 Å². The Bertz CT molecular complexity index is 987. The smallest absolute Gasteiger partial charge is 0.325 e. The molecule has 0 aliphatic carbocycles. The number of urea groups is 1. The number of nitriles is 1. The van der Waals surface area contributed by atoms with Crippen LogP contribution in [0.15, 0.2) is 54.2 Å². The van der Waals surface area contributed by atoms with Gasteiger partial charge in [-0.05, 0) is 48.4 Å². The van der Waals surface area contributed by atoms with E-state index in [0.717, 1.165) is 10.5 Å². The van der Waals surface area contributed by atoms with Gasteiger partial charge < -0.3 is 10.6 Å². The van der Waals surface area contributed by atoms with Crippen molar-refractivity contribution in [3.63, 3.8) is 0 Å². The van der Waals surface area contributed by atoms with E-state index in [1.165, 1.54) is 6.08 Å². The Balaban J connectivity index is 1.69. The summed E-state index contributed by atoms with van der Waals surface area (Å²) in [5.41, 5.74) is 2.81. The van der Waals surface area contributed by atoms with Gasteiger partial charge in [-0.15, -0.1) is 0 Å². The van der Waals surface area contributed by atoms with E-state index in [0.29, 0.717) is 16.8 Å². The van der Waals surface area contributed by atoms with Gasteiger partial charge in [0.05, 0.1) is 11.6 Å². The number of carbonyl (C=O) groups is 3. The van der Waals surface area contributed by atoms with Crippen molar-refractivity contribution in [2.45, 2.75) is 6.92 Å². The predicted octanol–water partition coefficient (Wildman–Crippen LogP) is 2.40. The van der Waals surface area contributed by atoms with Crippen molar-refractivity contribution >= 4 is 29.6 Å². The molecule has 0 saturated carbocycles. The van der Waals surface area contributed by atoms with Crippen molar-refractivity contribution in [1.82, 2.24) is 10.2 Å². The Morgan fingerprint density at radius 3 is 2.63 bits per heavy atom. The number of rotatable bonds is 4. The van der Waals surface area contributed by atoms with E-state index in [2.05, 4.69) is 10.6 Å². The molecule has 134 valence electrons. The van der Waals surface area contributed by atoms with E-state index in [-0.39, 0.29) is 12.2 Å². The summed E-state index contributed by atoms with van der Waals surface area (Å²) in [5, 5.41) is 13.9. The molecule has 2 N–H and O–H groups in total. The molecule has 4 amide bonds. The average Bonchev–Trinajstić information content (AvgIpc) is 2.90. The topological polar surface area (TPSA) is 102 Å². The minimum atomic E-state index is -0.653. The normalized spacial score (nSPS) is 14.8. The largest absolute Gasteiger partial charge is 0.329 e. The maximum atomic E-state index is 12.4. The van der Waals surface area contributed by atoms with Crippen LogP contribution in [0.25, 0.3) is 6.08 Å². The number of benzene rings is 2. The zero-order chi connectivity index (χ0) is 19.4. The second-order valence-corrected chi connectivity index (χ2v) is 6.03. The number of hydrogen-bond donors (Lipinski definition) is 2. The number of aryl methyl sites for hydroxylation is 1. The summed E-state index contributed by atoms with van der Waals surface area (Å²) in [6.07, 6.45) is 1.50. The molecule has 0 atom stereocenters. The Kier molecular flexibility index (Phi) is 4.99. The standard InChI is InChI=1S/C20H16N4O3/c1-13-3-2-4-16(9-13)22-18(25)12-24-19(26)17(23-20(24)27)10-14-5-7-15(11-21)8-6-14/h2-10H,12H2,1H3,(H,22,25)(H,23,27). The third-order valence-electron chi connectivity index (χ3n) is 3.92. The van der Waals surface area contributed by atoms with Crippen LogP contribution in [0.1, 0.15) is 16.7 Å². The Hall–Kier alpha value is -3.92. The number of nitrogens with zero attached hydrogens (tertiary/aromatic N) is 2. The van der Waals surface area contributed by atoms with E-state index in [4.69, 9.17) is 5.26 Å². The van der Waals surface area contributed by atoms with Crippen molar-refractivity contribution < 1.29 is 14.4 Å². The Morgan fingerprint density at radius 2 is 1.96 bits per heavy atom. The molecule has 7 nitrogen and oxygen atoms in total. The van der Waals surface area contributed by atoms with Crippen LogP contribution in [0, 0.1) is 18.3 Å². The number of amides is 4. The fraction of sp³-hybridized carbons (Fsp3) is 0.100. The molecule has 3 rings (SSSR count). The lowest BCUT2D eigenvalue weighted by atomic mass is 10.1. The molecule has 1 saturated heterocycles. The maximum Gasteiger partial charge on any atom is 0.329 e. The van der Waals surface area contributed by atoms with Gasteiger partial charge in [-0.2, -0.15) is 5.26 Å². The van der Waals surface area contributed by atoms with Crippen molar-refractivity contribution in [2.75, 3.05) is 11.9 Å². The second kappa shape index (κ2) is 7.54. The van der Waals surface area contributed by atoms with Gasteiger partial charge in [-0.25, -0.2) is 9.69 Å². The molecule has 7 heteroatoms. The number of imide groups is 1. The summed E-state index contributed by atoms with van der Waals surface area (Å²) < 4.78 is 0. The van der Waals surface area contributed by atoms with Crippen molar-refractivity contribution in [1.29, 1.82) is 5.26 Å². The number of anilines is 1. The van der Waals surface area contributed by atoms with Crippen LogP contribution < -0.4 is 10.6 Å². The van der Waals surface area contributed by atoms with E-state index in [1.54, 1.807) is 42.5 Å². The van der Waals surface area contributed by atoms with Crippen molar-refractivity contribution in [2.24, 2.45) is 0 Å². The average molecular weight is 360 g/mol. The Labute approximate surface area is 155 Å². The summed E-state index contributed by atoms with van der Waals surface area (Å²) in [6.45, 7) is 1.51. The molecular weight excluding hydrogens is 344 g/mol. The summed E-state index contributed by atoms with van der Waals surface area (Å²) in [5.74, 6) is -1.05. The molecule has 0 aromatic heterocycles. The summed E-state index contributed by atoms with van der Waals surface area (Å²) in [7, 11) is 0. The van der Waals surface area contributed by atoms with Gasteiger partial charge in [-0.1, -0.05) is 24.3 Å². The fourth-order valence-electron chi connectivity index (χ4n) is 2.60. The first kappa shape index (κ1) is 17.9. The van der Waals surface area contributed by atoms with Gasteiger partial charge in [0.1, 0.15) is 12.2 Å². The third kappa shape index (κ3) is 4.19. The minimum absolute atomic E-state index is 0.0769. The second-order valence-electron chi connectivity index (χ2n) is 6.03.